The Morgan fingerprint density at radius 2 is 2.41 bits per heavy atom. The average Bonchev–Trinajstić information content (AvgIpc) is 2.96. The Bertz CT molecular complexity index is 438. The van der Waals surface area contributed by atoms with E-state index in [9.17, 15) is 0 Å². The maximum absolute atomic E-state index is 5.45. The first kappa shape index (κ1) is 12.1. The summed E-state index contributed by atoms with van der Waals surface area (Å²) in [7, 11) is 1.99. The van der Waals surface area contributed by atoms with E-state index >= 15 is 0 Å². The summed E-state index contributed by atoms with van der Waals surface area (Å²) >= 11 is 1.71. The van der Waals surface area contributed by atoms with Crippen molar-refractivity contribution in [1.82, 2.24) is 10.3 Å². The highest BCUT2D eigenvalue weighted by molar-refractivity contribution is 7.07. The van der Waals surface area contributed by atoms with Crippen molar-refractivity contribution in [3.8, 4) is 0 Å². The Labute approximate surface area is 105 Å². The highest BCUT2D eigenvalue weighted by Crippen LogP contribution is 2.16. The summed E-state index contributed by atoms with van der Waals surface area (Å²) in [6.07, 6.45) is 1.71. The molecule has 17 heavy (non-hydrogen) atoms. The van der Waals surface area contributed by atoms with Crippen molar-refractivity contribution < 1.29 is 4.42 Å². The number of hydrogen-bond donors (Lipinski definition) is 1. The Hall–Kier alpha value is -1.33. The van der Waals surface area contributed by atoms with Crippen LogP contribution in [-0.2, 0) is 13.1 Å². The van der Waals surface area contributed by atoms with E-state index in [0.717, 1.165) is 25.3 Å². The highest BCUT2D eigenvalue weighted by Gasteiger charge is 2.09. The molecule has 0 aliphatic carbocycles. The van der Waals surface area contributed by atoms with E-state index in [1.165, 1.54) is 5.56 Å². The molecule has 0 fully saturated rings. The van der Waals surface area contributed by atoms with Crippen LogP contribution in [0.1, 0.15) is 18.2 Å². The van der Waals surface area contributed by atoms with Crippen LogP contribution in [0.25, 0.3) is 0 Å². The Balaban J connectivity index is 1.94. The maximum Gasteiger partial charge on any atom is 0.297 e. The lowest BCUT2D eigenvalue weighted by atomic mass is 10.3. The van der Waals surface area contributed by atoms with Gasteiger partial charge in [-0.15, -0.1) is 0 Å². The van der Waals surface area contributed by atoms with Crippen LogP contribution in [0, 0.1) is 0 Å². The fraction of sp³-hybridized carbons (Fsp3) is 0.417. The number of hydrogen-bond acceptors (Lipinski definition) is 5. The van der Waals surface area contributed by atoms with E-state index in [-0.39, 0.29) is 0 Å². The molecular formula is C12H17N3OS. The van der Waals surface area contributed by atoms with Crippen molar-refractivity contribution in [2.45, 2.75) is 20.0 Å². The van der Waals surface area contributed by atoms with E-state index in [4.69, 9.17) is 4.42 Å². The molecule has 2 aromatic heterocycles. The molecule has 0 aliphatic heterocycles. The molecule has 0 aliphatic rings. The molecule has 0 radical (unpaired) electrons. The first-order valence-corrected chi connectivity index (χ1v) is 6.61. The largest absolute Gasteiger partial charge is 0.432 e. The van der Waals surface area contributed by atoms with Crippen LogP contribution in [0.3, 0.4) is 0 Å². The van der Waals surface area contributed by atoms with Gasteiger partial charge in [0.25, 0.3) is 6.01 Å². The molecule has 0 bridgehead atoms. The van der Waals surface area contributed by atoms with E-state index in [0.29, 0.717) is 6.01 Å². The van der Waals surface area contributed by atoms with Crippen LogP contribution >= 0.6 is 11.3 Å². The number of anilines is 1. The maximum atomic E-state index is 5.45. The molecule has 92 valence electrons. The normalized spacial score (nSPS) is 10.7. The lowest BCUT2D eigenvalue weighted by Gasteiger charge is -2.12. The number of aromatic nitrogens is 1. The van der Waals surface area contributed by atoms with E-state index < -0.39 is 0 Å². The summed E-state index contributed by atoms with van der Waals surface area (Å²) in [5, 5.41) is 7.44. The molecule has 4 nitrogen and oxygen atoms in total. The van der Waals surface area contributed by atoms with Crippen LogP contribution in [0.4, 0.5) is 6.01 Å². The van der Waals surface area contributed by atoms with Gasteiger partial charge in [0, 0.05) is 20.1 Å². The topological polar surface area (TPSA) is 41.3 Å². The third kappa shape index (κ3) is 3.31. The molecule has 0 saturated heterocycles. The number of oxazole rings is 1. The zero-order chi connectivity index (χ0) is 12.1. The monoisotopic (exact) mass is 251 g/mol. The van der Waals surface area contributed by atoms with E-state index in [2.05, 4.69) is 34.1 Å². The minimum Gasteiger partial charge on any atom is -0.432 e. The molecule has 2 aromatic rings. The van der Waals surface area contributed by atoms with Gasteiger partial charge in [0.1, 0.15) is 6.26 Å². The summed E-state index contributed by atoms with van der Waals surface area (Å²) in [6.45, 7) is 4.59. The molecule has 0 aromatic carbocycles. The van der Waals surface area contributed by atoms with Gasteiger partial charge in [-0.1, -0.05) is 6.92 Å². The van der Waals surface area contributed by atoms with Gasteiger partial charge in [-0.25, -0.2) is 0 Å². The molecule has 0 atom stereocenters. The second-order valence-corrected chi connectivity index (χ2v) is 4.67. The number of nitrogens with zero attached hydrogens (tertiary/aromatic N) is 2. The molecular weight excluding hydrogens is 234 g/mol. The molecule has 5 heteroatoms. The molecule has 1 N–H and O–H groups in total. The van der Waals surface area contributed by atoms with Crippen LogP contribution in [0.15, 0.2) is 27.5 Å². The van der Waals surface area contributed by atoms with E-state index in [1.807, 2.05) is 11.9 Å². The average molecular weight is 251 g/mol. The fourth-order valence-corrected chi connectivity index (χ4v) is 2.19. The first-order valence-electron chi connectivity index (χ1n) is 5.67. The summed E-state index contributed by atoms with van der Waals surface area (Å²) < 4.78 is 5.45. The summed E-state index contributed by atoms with van der Waals surface area (Å²) in [5.41, 5.74) is 2.22. The number of thiophene rings is 1. The first-order chi connectivity index (χ1) is 8.29. The predicted molar refractivity (Wildman–Crippen MR) is 70.3 cm³/mol. The Morgan fingerprint density at radius 3 is 3.12 bits per heavy atom. The lowest BCUT2D eigenvalue weighted by molar-refractivity contribution is 0.543. The van der Waals surface area contributed by atoms with Crippen molar-refractivity contribution in [3.05, 3.63) is 34.3 Å². The third-order valence-corrected chi connectivity index (χ3v) is 3.15. The third-order valence-electron chi connectivity index (χ3n) is 2.42. The second kappa shape index (κ2) is 5.84. The quantitative estimate of drug-likeness (QED) is 0.856. The zero-order valence-corrected chi connectivity index (χ0v) is 11.0. The van der Waals surface area contributed by atoms with Gasteiger partial charge in [0.05, 0.1) is 5.69 Å². The van der Waals surface area contributed by atoms with Crippen molar-refractivity contribution in [3.63, 3.8) is 0 Å². The standard InChI is InChI=1S/C12H17N3OS/c1-3-13-6-11-8-16-12(14-11)15(2)7-10-4-5-17-9-10/h4-5,8-9,13H,3,6-7H2,1-2H3. The minimum absolute atomic E-state index is 0.670. The molecule has 2 rings (SSSR count). The van der Waals surface area contributed by atoms with Crippen LogP contribution in [0.2, 0.25) is 0 Å². The molecule has 0 amide bonds. The minimum atomic E-state index is 0.670. The SMILES string of the molecule is CCNCc1coc(N(C)Cc2ccsc2)n1. The van der Waals surface area contributed by atoms with Crippen LogP contribution < -0.4 is 10.2 Å². The van der Waals surface area contributed by atoms with Gasteiger partial charge in [-0.3, -0.25) is 0 Å². The highest BCUT2D eigenvalue weighted by atomic mass is 32.1. The predicted octanol–water partition coefficient (Wildman–Crippen LogP) is 2.48. The summed E-state index contributed by atoms with van der Waals surface area (Å²) in [6, 6.07) is 2.79. The summed E-state index contributed by atoms with van der Waals surface area (Å²) in [5.74, 6) is 0. The molecule has 0 saturated carbocycles. The van der Waals surface area contributed by atoms with Crippen molar-refractivity contribution >= 4 is 17.4 Å². The van der Waals surface area contributed by atoms with E-state index in [1.54, 1.807) is 17.6 Å². The molecule has 2 heterocycles. The molecule has 0 spiro atoms. The van der Waals surface area contributed by atoms with Crippen molar-refractivity contribution in [2.24, 2.45) is 0 Å². The Kier molecular flexibility index (Phi) is 4.17. The van der Waals surface area contributed by atoms with Crippen molar-refractivity contribution in [1.29, 1.82) is 0 Å². The fourth-order valence-electron chi connectivity index (χ4n) is 1.53. The van der Waals surface area contributed by atoms with Crippen LogP contribution in [0.5, 0.6) is 0 Å². The smallest absolute Gasteiger partial charge is 0.297 e. The zero-order valence-electron chi connectivity index (χ0n) is 10.1. The Morgan fingerprint density at radius 1 is 1.53 bits per heavy atom. The van der Waals surface area contributed by atoms with Gasteiger partial charge in [-0.05, 0) is 28.9 Å². The van der Waals surface area contributed by atoms with Crippen LogP contribution in [-0.4, -0.2) is 18.6 Å². The summed E-state index contributed by atoms with van der Waals surface area (Å²) in [4.78, 5) is 6.44. The number of nitrogens with one attached hydrogen (secondary N) is 1. The van der Waals surface area contributed by atoms with Gasteiger partial charge in [-0.2, -0.15) is 16.3 Å². The van der Waals surface area contributed by atoms with Gasteiger partial charge in [0.2, 0.25) is 0 Å². The lowest BCUT2D eigenvalue weighted by Crippen LogP contribution is -2.17. The molecule has 0 unspecified atom stereocenters. The second-order valence-electron chi connectivity index (χ2n) is 3.89. The van der Waals surface area contributed by atoms with Gasteiger partial charge >= 0.3 is 0 Å². The van der Waals surface area contributed by atoms with Gasteiger partial charge < -0.3 is 14.6 Å². The van der Waals surface area contributed by atoms with Gasteiger partial charge in [0.15, 0.2) is 0 Å². The number of rotatable bonds is 6. The van der Waals surface area contributed by atoms with Crippen molar-refractivity contribution in [2.75, 3.05) is 18.5 Å².